The fourth-order valence-electron chi connectivity index (χ4n) is 1.71. The van der Waals surface area contributed by atoms with Crippen LogP contribution in [0.5, 0.6) is 11.5 Å². The molecule has 0 aliphatic rings. The Hall–Kier alpha value is -2.23. The lowest BCUT2D eigenvalue weighted by Gasteiger charge is -2.09. The minimum atomic E-state index is -0.486. The molecule has 2 N–H and O–H groups in total. The number of benzene rings is 2. The summed E-state index contributed by atoms with van der Waals surface area (Å²) in [7, 11) is 3.06. The van der Waals surface area contributed by atoms with E-state index in [1.54, 1.807) is 13.2 Å². The van der Waals surface area contributed by atoms with Crippen molar-refractivity contribution in [2.24, 2.45) is 0 Å². The van der Waals surface area contributed by atoms with Gasteiger partial charge in [0, 0.05) is 0 Å². The number of methoxy groups -OCH3 is 2. The third-order valence-corrected chi connectivity index (χ3v) is 2.73. The Balaban J connectivity index is 2.46. The highest BCUT2D eigenvalue weighted by molar-refractivity contribution is 5.70. The Morgan fingerprint density at radius 1 is 0.944 bits per heavy atom. The summed E-state index contributed by atoms with van der Waals surface area (Å²) in [5.74, 6) is 0.600. The topological polar surface area (TPSA) is 44.5 Å². The average Bonchev–Trinajstić information content (AvgIpc) is 2.42. The third-order valence-electron chi connectivity index (χ3n) is 2.73. The van der Waals surface area contributed by atoms with Crippen LogP contribution < -0.4 is 15.2 Å². The molecule has 0 heterocycles. The molecule has 94 valence electrons. The van der Waals surface area contributed by atoms with Gasteiger partial charge in [0.15, 0.2) is 5.82 Å². The lowest BCUT2D eigenvalue weighted by molar-refractivity contribution is 0.414. The van der Waals surface area contributed by atoms with Crippen LogP contribution in [-0.2, 0) is 0 Å². The number of rotatable bonds is 3. The van der Waals surface area contributed by atoms with E-state index in [1.165, 1.54) is 13.2 Å². The summed E-state index contributed by atoms with van der Waals surface area (Å²) in [5.41, 5.74) is 7.17. The first-order valence-electron chi connectivity index (χ1n) is 5.43. The van der Waals surface area contributed by atoms with Crippen molar-refractivity contribution in [1.82, 2.24) is 0 Å². The summed E-state index contributed by atoms with van der Waals surface area (Å²) in [6, 6.07) is 10.4. The van der Waals surface area contributed by atoms with E-state index >= 15 is 0 Å². The molecule has 3 nitrogen and oxygen atoms in total. The fraction of sp³-hybridized carbons (Fsp3) is 0.143. The fourth-order valence-corrected chi connectivity index (χ4v) is 1.71. The first kappa shape index (κ1) is 12.2. The number of nitrogen functional groups attached to an aromatic ring is 1. The Bertz CT molecular complexity index is 552. The number of hydrogen-bond acceptors (Lipinski definition) is 3. The van der Waals surface area contributed by atoms with Crippen LogP contribution in [0.15, 0.2) is 36.4 Å². The molecule has 0 aliphatic carbocycles. The normalized spacial score (nSPS) is 10.2. The number of nitrogens with two attached hydrogens (primary N) is 1. The third kappa shape index (κ3) is 2.22. The van der Waals surface area contributed by atoms with Crippen LogP contribution >= 0.6 is 0 Å². The van der Waals surface area contributed by atoms with Crippen LogP contribution in [0, 0.1) is 5.82 Å². The second kappa shape index (κ2) is 4.96. The van der Waals surface area contributed by atoms with Crippen LogP contribution in [-0.4, -0.2) is 14.2 Å². The van der Waals surface area contributed by atoms with Crippen LogP contribution in [0.4, 0.5) is 10.1 Å². The first-order chi connectivity index (χ1) is 8.65. The summed E-state index contributed by atoms with van der Waals surface area (Å²) in [5, 5.41) is 0. The van der Waals surface area contributed by atoms with Gasteiger partial charge in [0.1, 0.15) is 17.2 Å². The molecule has 2 rings (SSSR count). The van der Waals surface area contributed by atoms with E-state index < -0.39 is 5.82 Å². The van der Waals surface area contributed by atoms with Crippen molar-refractivity contribution in [3.8, 4) is 22.6 Å². The quantitative estimate of drug-likeness (QED) is 0.848. The molecule has 0 spiro atoms. The monoisotopic (exact) mass is 247 g/mol. The highest BCUT2D eigenvalue weighted by Crippen LogP contribution is 2.32. The molecule has 0 atom stereocenters. The van der Waals surface area contributed by atoms with Crippen molar-refractivity contribution in [2.45, 2.75) is 0 Å². The van der Waals surface area contributed by atoms with Crippen molar-refractivity contribution in [3.05, 3.63) is 42.2 Å². The van der Waals surface area contributed by atoms with Gasteiger partial charge in [0.2, 0.25) is 0 Å². The van der Waals surface area contributed by atoms with Gasteiger partial charge >= 0.3 is 0 Å². The van der Waals surface area contributed by atoms with E-state index in [4.69, 9.17) is 15.2 Å². The molecule has 18 heavy (non-hydrogen) atoms. The Morgan fingerprint density at radius 2 is 1.61 bits per heavy atom. The molecule has 0 saturated heterocycles. The zero-order valence-electron chi connectivity index (χ0n) is 10.2. The van der Waals surface area contributed by atoms with Crippen molar-refractivity contribution >= 4 is 5.69 Å². The molecule has 0 aliphatic heterocycles. The number of ether oxygens (including phenoxy) is 2. The Morgan fingerprint density at radius 3 is 2.17 bits per heavy atom. The maximum Gasteiger partial charge on any atom is 0.150 e. The lowest BCUT2D eigenvalue weighted by atomic mass is 10.0. The highest BCUT2D eigenvalue weighted by Gasteiger charge is 2.09. The van der Waals surface area contributed by atoms with Crippen molar-refractivity contribution in [1.29, 1.82) is 0 Å². The molecule has 0 unspecified atom stereocenters. The molecular formula is C14H14FNO2. The van der Waals surface area contributed by atoms with Gasteiger partial charge in [0.05, 0.1) is 14.2 Å². The predicted molar refractivity (Wildman–Crippen MR) is 69.4 cm³/mol. The largest absolute Gasteiger partial charge is 0.497 e. The van der Waals surface area contributed by atoms with Gasteiger partial charge in [0.25, 0.3) is 0 Å². The van der Waals surface area contributed by atoms with E-state index in [0.717, 1.165) is 11.3 Å². The van der Waals surface area contributed by atoms with Crippen molar-refractivity contribution in [2.75, 3.05) is 20.0 Å². The van der Waals surface area contributed by atoms with Gasteiger partial charge < -0.3 is 15.2 Å². The standard InChI is InChI=1S/C14H14FNO2/c1-17-11-5-3-9(4-6-11)10-7-12(15)14(16)13(8-10)18-2/h3-8H,16H2,1-2H3. The van der Waals surface area contributed by atoms with Gasteiger partial charge in [-0.25, -0.2) is 4.39 Å². The van der Waals surface area contributed by atoms with Gasteiger partial charge in [-0.2, -0.15) is 0 Å². The molecule has 0 radical (unpaired) electrons. The lowest BCUT2D eigenvalue weighted by Crippen LogP contribution is -1.96. The summed E-state index contributed by atoms with van der Waals surface area (Å²) in [6.07, 6.45) is 0. The van der Waals surface area contributed by atoms with Crippen LogP contribution in [0.1, 0.15) is 0 Å². The van der Waals surface area contributed by atoms with Gasteiger partial charge in [-0.15, -0.1) is 0 Å². The first-order valence-corrected chi connectivity index (χ1v) is 5.43. The molecule has 0 saturated carbocycles. The SMILES string of the molecule is COc1ccc(-c2cc(F)c(N)c(OC)c2)cc1. The number of hydrogen-bond donors (Lipinski definition) is 1. The molecule has 0 bridgehead atoms. The highest BCUT2D eigenvalue weighted by atomic mass is 19.1. The van der Waals surface area contributed by atoms with Crippen LogP contribution in [0.2, 0.25) is 0 Å². The summed E-state index contributed by atoms with van der Waals surface area (Å²) >= 11 is 0. The maximum atomic E-state index is 13.6. The van der Waals surface area contributed by atoms with E-state index in [-0.39, 0.29) is 5.69 Å². The number of anilines is 1. The minimum absolute atomic E-state index is 0.0229. The Labute approximate surface area is 105 Å². The maximum absolute atomic E-state index is 13.6. The summed E-state index contributed by atoms with van der Waals surface area (Å²) in [4.78, 5) is 0. The smallest absolute Gasteiger partial charge is 0.150 e. The summed E-state index contributed by atoms with van der Waals surface area (Å²) in [6.45, 7) is 0. The predicted octanol–water partition coefficient (Wildman–Crippen LogP) is 3.09. The molecule has 2 aromatic rings. The molecule has 2 aromatic carbocycles. The van der Waals surface area contributed by atoms with Gasteiger partial charge in [-0.05, 0) is 35.4 Å². The van der Waals surface area contributed by atoms with E-state index in [0.29, 0.717) is 11.3 Å². The molecule has 0 aromatic heterocycles. The molecule has 4 heteroatoms. The van der Waals surface area contributed by atoms with Crippen molar-refractivity contribution in [3.63, 3.8) is 0 Å². The van der Waals surface area contributed by atoms with Crippen LogP contribution in [0.3, 0.4) is 0 Å². The second-order valence-corrected chi connectivity index (χ2v) is 3.80. The molecule has 0 fully saturated rings. The number of halogens is 1. The van der Waals surface area contributed by atoms with E-state index in [2.05, 4.69) is 0 Å². The van der Waals surface area contributed by atoms with Gasteiger partial charge in [-0.1, -0.05) is 12.1 Å². The second-order valence-electron chi connectivity index (χ2n) is 3.80. The minimum Gasteiger partial charge on any atom is -0.497 e. The zero-order chi connectivity index (χ0) is 13.1. The Kier molecular flexibility index (Phi) is 3.37. The average molecular weight is 247 g/mol. The summed E-state index contributed by atoms with van der Waals surface area (Å²) < 4.78 is 23.7. The van der Waals surface area contributed by atoms with Crippen molar-refractivity contribution < 1.29 is 13.9 Å². The van der Waals surface area contributed by atoms with E-state index in [9.17, 15) is 4.39 Å². The molecular weight excluding hydrogens is 233 g/mol. The van der Waals surface area contributed by atoms with Crippen LogP contribution in [0.25, 0.3) is 11.1 Å². The zero-order valence-corrected chi connectivity index (χ0v) is 10.2. The van der Waals surface area contributed by atoms with Gasteiger partial charge in [-0.3, -0.25) is 0 Å². The van der Waals surface area contributed by atoms with E-state index in [1.807, 2.05) is 24.3 Å². The molecule has 0 amide bonds.